The Balaban J connectivity index is 1.94. The van der Waals surface area contributed by atoms with Crippen molar-refractivity contribution in [2.45, 2.75) is 6.54 Å². The predicted molar refractivity (Wildman–Crippen MR) is 47.9 cm³/mol. The summed E-state index contributed by atoms with van der Waals surface area (Å²) in [5.41, 5.74) is 1.91. The van der Waals surface area contributed by atoms with Crippen LogP contribution < -0.4 is 5.32 Å². The van der Waals surface area contributed by atoms with Gasteiger partial charge in [-0.05, 0) is 12.1 Å². The van der Waals surface area contributed by atoms with Gasteiger partial charge < -0.3 is 5.32 Å². The minimum Gasteiger partial charge on any atom is -0.379 e. The second-order valence-corrected chi connectivity index (χ2v) is 2.55. The zero-order valence-corrected chi connectivity index (χ0v) is 6.94. The maximum Gasteiger partial charge on any atom is 0.101 e. The first-order chi connectivity index (χ1) is 6.45. The van der Waals surface area contributed by atoms with Gasteiger partial charge in [0, 0.05) is 18.1 Å². The van der Waals surface area contributed by atoms with Crippen LogP contribution >= 0.6 is 0 Å². The number of anilines is 1. The molecule has 0 aliphatic rings. The summed E-state index contributed by atoms with van der Waals surface area (Å²) in [6, 6.07) is 3.81. The topological polar surface area (TPSA) is 66.5 Å². The maximum atomic E-state index is 3.92. The van der Waals surface area contributed by atoms with Gasteiger partial charge in [-0.2, -0.15) is 15.4 Å². The number of aromatic amines is 1. The second-order valence-electron chi connectivity index (χ2n) is 2.55. The van der Waals surface area contributed by atoms with Gasteiger partial charge in [0.1, 0.15) is 5.69 Å². The van der Waals surface area contributed by atoms with Crippen LogP contribution in [0.5, 0.6) is 0 Å². The molecule has 0 amide bonds. The minimum atomic E-state index is 0.667. The Morgan fingerprint density at radius 1 is 1.31 bits per heavy atom. The molecule has 0 fully saturated rings. The van der Waals surface area contributed by atoms with E-state index in [1.165, 1.54) is 0 Å². The molecule has 2 aromatic rings. The number of nitrogens with one attached hydrogen (secondary N) is 2. The van der Waals surface area contributed by atoms with Crippen molar-refractivity contribution in [1.82, 2.24) is 20.4 Å². The van der Waals surface area contributed by atoms with Gasteiger partial charge in [0.05, 0.1) is 12.7 Å². The summed E-state index contributed by atoms with van der Waals surface area (Å²) in [6.45, 7) is 0.667. The molecule has 5 nitrogen and oxygen atoms in total. The molecule has 13 heavy (non-hydrogen) atoms. The normalized spacial score (nSPS) is 9.85. The molecule has 0 bridgehead atoms. The van der Waals surface area contributed by atoms with E-state index in [9.17, 15) is 0 Å². The first-order valence-electron chi connectivity index (χ1n) is 3.94. The van der Waals surface area contributed by atoms with E-state index in [0.29, 0.717) is 6.54 Å². The quantitative estimate of drug-likeness (QED) is 0.724. The fourth-order valence-electron chi connectivity index (χ4n) is 0.973. The lowest BCUT2D eigenvalue weighted by Crippen LogP contribution is -1.99. The molecule has 66 valence electrons. The molecule has 0 saturated heterocycles. The minimum absolute atomic E-state index is 0.667. The van der Waals surface area contributed by atoms with Crippen molar-refractivity contribution >= 4 is 5.69 Å². The Hall–Kier alpha value is -1.91. The number of hydrogen-bond acceptors (Lipinski definition) is 4. The summed E-state index contributed by atoms with van der Waals surface area (Å²) in [7, 11) is 0. The van der Waals surface area contributed by atoms with Crippen LogP contribution in [0, 0.1) is 0 Å². The molecule has 5 heteroatoms. The van der Waals surface area contributed by atoms with Gasteiger partial charge >= 0.3 is 0 Å². The van der Waals surface area contributed by atoms with E-state index in [1.807, 2.05) is 12.1 Å². The molecule has 0 radical (unpaired) electrons. The molecule has 0 aromatic carbocycles. The predicted octanol–water partition coefficient (Wildman–Crippen LogP) is 0.812. The Labute approximate surface area is 75.2 Å². The highest BCUT2D eigenvalue weighted by Gasteiger charge is 1.94. The lowest BCUT2D eigenvalue weighted by molar-refractivity contribution is 0.910. The molecule has 0 saturated carbocycles. The van der Waals surface area contributed by atoms with Crippen molar-refractivity contribution in [1.29, 1.82) is 0 Å². The second kappa shape index (κ2) is 3.66. The van der Waals surface area contributed by atoms with Gasteiger partial charge in [-0.3, -0.25) is 4.98 Å². The van der Waals surface area contributed by atoms with Gasteiger partial charge in [0.2, 0.25) is 0 Å². The zero-order chi connectivity index (χ0) is 8.93. The first kappa shape index (κ1) is 7.72. The molecule has 0 spiro atoms. The Kier molecular flexibility index (Phi) is 2.18. The van der Waals surface area contributed by atoms with Gasteiger partial charge in [-0.15, -0.1) is 0 Å². The van der Waals surface area contributed by atoms with Gasteiger partial charge in [0.15, 0.2) is 0 Å². The van der Waals surface area contributed by atoms with Crippen molar-refractivity contribution < 1.29 is 0 Å². The number of hydrogen-bond donors (Lipinski definition) is 2. The van der Waals surface area contributed by atoms with E-state index in [4.69, 9.17) is 0 Å². The molecular formula is C8H9N5. The lowest BCUT2D eigenvalue weighted by atomic mass is 10.4. The molecule has 0 aliphatic carbocycles. The number of rotatable bonds is 3. The molecular weight excluding hydrogens is 166 g/mol. The van der Waals surface area contributed by atoms with Crippen LogP contribution in [-0.4, -0.2) is 20.4 Å². The molecule has 0 atom stereocenters. The average molecular weight is 175 g/mol. The van der Waals surface area contributed by atoms with Crippen molar-refractivity contribution in [2.75, 3.05) is 5.32 Å². The summed E-state index contributed by atoms with van der Waals surface area (Å²) < 4.78 is 0. The summed E-state index contributed by atoms with van der Waals surface area (Å²) in [6.07, 6.45) is 5.17. The van der Waals surface area contributed by atoms with E-state index in [2.05, 4.69) is 25.7 Å². The molecule has 2 rings (SSSR count). The average Bonchev–Trinajstić information content (AvgIpc) is 2.69. The fourth-order valence-corrected chi connectivity index (χ4v) is 0.973. The third-order valence-corrected chi connectivity index (χ3v) is 1.62. The lowest BCUT2D eigenvalue weighted by Gasteiger charge is -2.01. The summed E-state index contributed by atoms with van der Waals surface area (Å²) in [4.78, 5) is 3.92. The standard InChI is InChI=1S/C8H9N5/c1-3-9-4-2-7(1)10-5-8-6-11-13-12-8/h1-4,6H,5H2,(H,9,10)(H,11,12,13). The maximum absolute atomic E-state index is 3.92. The summed E-state index contributed by atoms with van der Waals surface area (Å²) >= 11 is 0. The third-order valence-electron chi connectivity index (χ3n) is 1.62. The Morgan fingerprint density at radius 3 is 2.85 bits per heavy atom. The van der Waals surface area contributed by atoms with Crippen molar-refractivity contribution in [3.63, 3.8) is 0 Å². The molecule has 2 N–H and O–H groups in total. The van der Waals surface area contributed by atoms with Crippen molar-refractivity contribution in [3.8, 4) is 0 Å². The molecule has 0 aliphatic heterocycles. The van der Waals surface area contributed by atoms with Crippen molar-refractivity contribution in [3.05, 3.63) is 36.4 Å². The van der Waals surface area contributed by atoms with Crippen LogP contribution in [0.3, 0.4) is 0 Å². The highest BCUT2D eigenvalue weighted by Crippen LogP contribution is 2.04. The van der Waals surface area contributed by atoms with E-state index >= 15 is 0 Å². The fraction of sp³-hybridized carbons (Fsp3) is 0.125. The molecule has 2 aromatic heterocycles. The van der Waals surface area contributed by atoms with Crippen LogP contribution in [0.15, 0.2) is 30.7 Å². The largest absolute Gasteiger partial charge is 0.379 e. The van der Waals surface area contributed by atoms with E-state index < -0.39 is 0 Å². The smallest absolute Gasteiger partial charge is 0.101 e. The van der Waals surface area contributed by atoms with Crippen LogP contribution in [0.25, 0.3) is 0 Å². The monoisotopic (exact) mass is 175 g/mol. The highest BCUT2D eigenvalue weighted by atomic mass is 15.3. The number of nitrogens with zero attached hydrogens (tertiary/aromatic N) is 3. The van der Waals surface area contributed by atoms with Crippen LogP contribution in [0.1, 0.15) is 5.69 Å². The molecule has 0 unspecified atom stereocenters. The van der Waals surface area contributed by atoms with Crippen LogP contribution in [0.4, 0.5) is 5.69 Å². The van der Waals surface area contributed by atoms with Gasteiger partial charge in [-0.1, -0.05) is 0 Å². The number of aromatic nitrogens is 4. The Bertz CT molecular complexity index is 342. The van der Waals surface area contributed by atoms with E-state index in [1.54, 1.807) is 18.6 Å². The van der Waals surface area contributed by atoms with Gasteiger partial charge in [-0.25, -0.2) is 0 Å². The van der Waals surface area contributed by atoms with E-state index in [0.717, 1.165) is 11.4 Å². The summed E-state index contributed by atoms with van der Waals surface area (Å²) in [5, 5.41) is 13.4. The Morgan fingerprint density at radius 2 is 2.15 bits per heavy atom. The zero-order valence-electron chi connectivity index (χ0n) is 6.94. The number of pyridine rings is 1. The number of H-pyrrole nitrogens is 1. The first-order valence-corrected chi connectivity index (χ1v) is 3.94. The highest BCUT2D eigenvalue weighted by molar-refractivity contribution is 5.40. The van der Waals surface area contributed by atoms with Gasteiger partial charge in [0.25, 0.3) is 0 Å². The van der Waals surface area contributed by atoms with Crippen LogP contribution in [-0.2, 0) is 6.54 Å². The SMILES string of the molecule is c1cc(NCc2cn[nH]n2)ccn1. The van der Waals surface area contributed by atoms with E-state index in [-0.39, 0.29) is 0 Å². The molecule has 2 heterocycles. The third kappa shape index (κ3) is 2.02. The van der Waals surface area contributed by atoms with Crippen molar-refractivity contribution in [2.24, 2.45) is 0 Å². The van der Waals surface area contributed by atoms with Crippen LogP contribution in [0.2, 0.25) is 0 Å². The summed E-state index contributed by atoms with van der Waals surface area (Å²) in [5.74, 6) is 0.